The van der Waals surface area contributed by atoms with Gasteiger partial charge in [0, 0.05) is 25.7 Å². The predicted molar refractivity (Wildman–Crippen MR) is 349 cm³/mol. The molecule has 0 saturated heterocycles. The molecule has 0 aliphatic rings. The quantitative estimate of drug-likeness (QED) is 0.0222. The summed E-state index contributed by atoms with van der Waals surface area (Å²) in [6, 6.07) is 0. The lowest BCUT2D eigenvalue weighted by molar-refractivity contribution is -0.161. The molecule has 0 heterocycles. The molecule has 516 valence electrons. The zero-order valence-electron chi connectivity index (χ0n) is 56.6. The molecule has 3 N–H and O–H groups in total. The Hall–Kier alpha value is -1.94. The fourth-order valence-electron chi connectivity index (χ4n) is 10.1. The van der Waals surface area contributed by atoms with Crippen molar-refractivity contribution >= 4 is 39.5 Å². The van der Waals surface area contributed by atoms with Crippen molar-refractivity contribution in [3.8, 4) is 0 Å². The molecule has 0 rings (SSSR count). The topological polar surface area (TPSA) is 237 Å². The van der Waals surface area contributed by atoms with Crippen LogP contribution in [-0.2, 0) is 65.4 Å². The molecule has 0 amide bonds. The van der Waals surface area contributed by atoms with Crippen LogP contribution in [0.1, 0.15) is 331 Å². The van der Waals surface area contributed by atoms with Gasteiger partial charge < -0.3 is 33.8 Å². The van der Waals surface area contributed by atoms with Crippen LogP contribution in [0.5, 0.6) is 0 Å². The van der Waals surface area contributed by atoms with Gasteiger partial charge in [-0.05, 0) is 49.4 Å². The molecule has 0 aliphatic heterocycles. The van der Waals surface area contributed by atoms with Crippen molar-refractivity contribution in [2.24, 2.45) is 23.7 Å². The van der Waals surface area contributed by atoms with E-state index in [1.165, 1.54) is 135 Å². The third-order valence-corrected chi connectivity index (χ3v) is 17.8. The summed E-state index contributed by atoms with van der Waals surface area (Å²) in [6.07, 6.45) is 39.1. The Balaban J connectivity index is 5.23. The lowest BCUT2D eigenvalue weighted by Gasteiger charge is -2.21. The highest BCUT2D eigenvalue weighted by atomic mass is 31.2. The number of carbonyl (C=O) groups excluding carboxylic acids is 4. The Labute approximate surface area is 530 Å². The van der Waals surface area contributed by atoms with Gasteiger partial charge in [-0.1, -0.05) is 280 Å². The summed E-state index contributed by atoms with van der Waals surface area (Å²) in [5.41, 5.74) is 0. The summed E-state index contributed by atoms with van der Waals surface area (Å²) in [4.78, 5) is 72.4. The van der Waals surface area contributed by atoms with Crippen LogP contribution in [0, 0.1) is 23.7 Å². The highest BCUT2D eigenvalue weighted by Crippen LogP contribution is 2.45. The van der Waals surface area contributed by atoms with E-state index >= 15 is 0 Å². The summed E-state index contributed by atoms with van der Waals surface area (Å²) >= 11 is 0. The van der Waals surface area contributed by atoms with E-state index in [1.807, 2.05) is 0 Å². The number of hydrogen-bond donors (Lipinski definition) is 3. The Morgan fingerprint density at radius 1 is 0.322 bits per heavy atom. The highest BCUT2D eigenvalue weighted by Gasteiger charge is 2.30. The molecule has 0 radical (unpaired) electrons. The molecular formula is C68H132O17P2. The standard InChI is InChI=1S/C68H132O17P2/c1-9-61(8)47-39-31-26-27-35-43-51-68(73)85-64(55-78-65(70)48-40-32-23-15-13-11-10-12-14-20-28-36-44-58(2)3)57-83-87(76,77)81-53-62(69)52-80-86(74,75)82-56-63(84-67(72)50-42-34-25-19-17-22-30-38-46-60(6)7)54-79-66(71)49-41-33-24-18-16-21-29-37-45-59(4)5/h58-64,69H,9-57H2,1-8H3,(H,74,75)(H,76,77)/t61?,62?,63-,64-/m1/s1. The summed E-state index contributed by atoms with van der Waals surface area (Å²) in [7, 11) is -9.90. The second-order valence-corrected chi connectivity index (χ2v) is 29.1. The first-order chi connectivity index (χ1) is 41.6. The van der Waals surface area contributed by atoms with E-state index in [1.54, 1.807) is 0 Å². The number of ether oxygens (including phenoxy) is 4. The van der Waals surface area contributed by atoms with Crippen LogP contribution in [0.3, 0.4) is 0 Å². The van der Waals surface area contributed by atoms with Crippen LogP contribution in [0.15, 0.2) is 0 Å². The van der Waals surface area contributed by atoms with Crippen molar-refractivity contribution in [2.75, 3.05) is 39.6 Å². The van der Waals surface area contributed by atoms with Gasteiger partial charge in [0.1, 0.15) is 19.3 Å². The zero-order valence-corrected chi connectivity index (χ0v) is 58.4. The first-order valence-electron chi connectivity index (χ1n) is 35.2. The van der Waals surface area contributed by atoms with Crippen LogP contribution >= 0.6 is 15.6 Å². The third-order valence-electron chi connectivity index (χ3n) is 15.9. The van der Waals surface area contributed by atoms with E-state index < -0.39 is 97.5 Å². The Bertz CT molecular complexity index is 1730. The van der Waals surface area contributed by atoms with Crippen LogP contribution in [0.25, 0.3) is 0 Å². The molecule has 6 atom stereocenters. The second-order valence-electron chi connectivity index (χ2n) is 26.2. The Kier molecular flexibility index (Phi) is 56.6. The molecule has 0 aromatic heterocycles. The maximum absolute atomic E-state index is 13.0. The monoisotopic (exact) mass is 1280 g/mol. The molecule has 0 fully saturated rings. The minimum Gasteiger partial charge on any atom is -0.462 e. The molecular weight excluding hydrogens is 1150 g/mol. The van der Waals surface area contributed by atoms with Gasteiger partial charge >= 0.3 is 39.5 Å². The van der Waals surface area contributed by atoms with Crippen LogP contribution in [0.2, 0.25) is 0 Å². The smallest absolute Gasteiger partial charge is 0.462 e. The Morgan fingerprint density at radius 2 is 0.552 bits per heavy atom. The molecule has 0 spiro atoms. The van der Waals surface area contributed by atoms with Crippen molar-refractivity contribution in [3.63, 3.8) is 0 Å². The van der Waals surface area contributed by atoms with E-state index in [4.69, 9.17) is 37.0 Å². The largest absolute Gasteiger partial charge is 0.472 e. The normalized spacial score (nSPS) is 14.6. The summed E-state index contributed by atoms with van der Waals surface area (Å²) in [5.74, 6) is 0.810. The van der Waals surface area contributed by atoms with Gasteiger partial charge in [0.05, 0.1) is 26.4 Å². The number of phosphoric acid groups is 2. The molecule has 0 saturated carbocycles. The number of esters is 4. The van der Waals surface area contributed by atoms with E-state index in [0.717, 1.165) is 114 Å². The minimum atomic E-state index is -4.95. The van der Waals surface area contributed by atoms with Crippen molar-refractivity contribution in [1.82, 2.24) is 0 Å². The predicted octanol–water partition coefficient (Wildman–Crippen LogP) is 18.9. The van der Waals surface area contributed by atoms with E-state index in [-0.39, 0.29) is 25.7 Å². The summed E-state index contributed by atoms with van der Waals surface area (Å²) in [5, 5.41) is 10.6. The lowest BCUT2D eigenvalue weighted by Crippen LogP contribution is -2.30. The van der Waals surface area contributed by atoms with Crippen molar-refractivity contribution in [2.45, 2.75) is 350 Å². The lowest BCUT2D eigenvalue weighted by atomic mass is 10.00. The van der Waals surface area contributed by atoms with E-state index in [0.29, 0.717) is 25.7 Å². The molecule has 0 aromatic carbocycles. The molecule has 4 unspecified atom stereocenters. The summed E-state index contributed by atoms with van der Waals surface area (Å²) in [6.45, 7) is 14.0. The maximum Gasteiger partial charge on any atom is 0.472 e. The van der Waals surface area contributed by atoms with Crippen LogP contribution in [0.4, 0.5) is 0 Å². The van der Waals surface area contributed by atoms with Crippen LogP contribution in [-0.4, -0.2) is 96.7 Å². The average Bonchev–Trinajstić information content (AvgIpc) is 3.56. The Morgan fingerprint density at radius 3 is 0.816 bits per heavy atom. The minimum absolute atomic E-state index is 0.102. The summed E-state index contributed by atoms with van der Waals surface area (Å²) < 4.78 is 68.2. The molecule has 0 aliphatic carbocycles. The zero-order chi connectivity index (χ0) is 64.7. The second kappa shape index (κ2) is 57.9. The van der Waals surface area contributed by atoms with Crippen molar-refractivity contribution in [1.29, 1.82) is 0 Å². The number of aliphatic hydroxyl groups excluding tert-OH is 1. The van der Waals surface area contributed by atoms with Gasteiger partial charge in [-0.25, -0.2) is 9.13 Å². The number of aliphatic hydroxyl groups is 1. The number of unbranched alkanes of at least 4 members (excludes halogenated alkanes) is 30. The van der Waals surface area contributed by atoms with Crippen LogP contribution < -0.4 is 0 Å². The molecule has 17 nitrogen and oxygen atoms in total. The fourth-order valence-corrected chi connectivity index (χ4v) is 11.7. The molecule has 19 heteroatoms. The first kappa shape index (κ1) is 85.1. The van der Waals surface area contributed by atoms with Gasteiger partial charge in [0.2, 0.25) is 0 Å². The van der Waals surface area contributed by atoms with E-state index in [9.17, 15) is 43.2 Å². The number of hydrogen-bond acceptors (Lipinski definition) is 15. The van der Waals surface area contributed by atoms with Gasteiger partial charge in [-0.15, -0.1) is 0 Å². The fraction of sp³-hybridized carbons (Fsp3) is 0.941. The number of rotatable bonds is 65. The third kappa shape index (κ3) is 61.3. The van der Waals surface area contributed by atoms with Gasteiger partial charge in [-0.3, -0.25) is 37.3 Å². The molecule has 0 bridgehead atoms. The number of carbonyl (C=O) groups is 4. The van der Waals surface area contributed by atoms with Crippen molar-refractivity contribution < 1.29 is 80.2 Å². The average molecular weight is 1280 g/mol. The SMILES string of the molecule is CCC(C)CCCCCCCCC(=O)O[C@H](COC(=O)CCCCCCCCCCCCCCC(C)C)COP(=O)(O)OCC(O)COP(=O)(O)OC[C@@H](COC(=O)CCCCCCCCCCC(C)C)OC(=O)CCCCCCCCCCC(C)C. The van der Waals surface area contributed by atoms with Gasteiger partial charge in [-0.2, -0.15) is 0 Å². The molecule has 87 heavy (non-hydrogen) atoms. The maximum atomic E-state index is 13.0. The highest BCUT2D eigenvalue weighted by molar-refractivity contribution is 7.47. The van der Waals surface area contributed by atoms with Crippen molar-refractivity contribution in [3.05, 3.63) is 0 Å². The van der Waals surface area contributed by atoms with E-state index in [2.05, 4.69) is 55.4 Å². The van der Waals surface area contributed by atoms with Gasteiger partial charge in [0.15, 0.2) is 12.2 Å². The number of phosphoric ester groups is 2. The first-order valence-corrected chi connectivity index (χ1v) is 38.2. The van der Waals surface area contributed by atoms with Gasteiger partial charge in [0.25, 0.3) is 0 Å². The molecule has 0 aromatic rings.